The third-order valence-corrected chi connectivity index (χ3v) is 3.76. The summed E-state index contributed by atoms with van der Waals surface area (Å²) in [5.41, 5.74) is 0.567. The van der Waals surface area contributed by atoms with Crippen LogP contribution < -0.4 is 10.6 Å². The van der Waals surface area contributed by atoms with Gasteiger partial charge >= 0.3 is 0 Å². The predicted octanol–water partition coefficient (Wildman–Crippen LogP) is 1.18. The van der Waals surface area contributed by atoms with Crippen molar-refractivity contribution in [3.05, 3.63) is 35.4 Å². The van der Waals surface area contributed by atoms with E-state index in [0.29, 0.717) is 25.2 Å². The molecule has 126 valence electrons. The minimum atomic E-state index is -0.916. The molecule has 5 nitrogen and oxygen atoms in total. The van der Waals surface area contributed by atoms with Crippen molar-refractivity contribution < 1.29 is 18.4 Å². The molecule has 0 aliphatic carbocycles. The second kappa shape index (κ2) is 8.01. The molecule has 1 aromatic carbocycles. The monoisotopic (exact) mass is 325 g/mol. The molecule has 1 unspecified atom stereocenters. The predicted molar refractivity (Wildman–Crippen MR) is 81.5 cm³/mol. The number of nitrogens with zero attached hydrogens (tertiary/aromatic N) is 1. The van der Waals surface area contributed by atoms with E-state index >= 15 is 0 Å². The maximum Gasteiger partial charge on any atom is 0.237 e. The number of carbonyl (C=O) groups excluding carboxylic acids is 2. The molecule has 1 aliphatic heterocycles. The van der Waals surface area contributed by atoms with Crippen molar-refractivity contribution in [2.45, 2.75) is 32.4 Å². The number of hydrogen-bond acceptors (Lipinski definition) is 3. The summed E-state index contributed by atoms with van der Waals surface area (Å²) in [5, 5.41) is 5.48. The molecule has 7 heteroatoms. The molecule has 0 saturated carbocycles. The fourth-order valence-corrected chi connectivity index (χ4v) is 2.56. The minimum Gasteiger partial charge on any atom is -0.356 e. The highest BCUT2D eigenvalue weighted by Crippen LogP contribution is 2.16. The van der Waals surface area contributed by atoms with Gasteiger partial charge in [-0.2, -0.15) is 0 Å². The van der Waals surface area contributed by atoms with Gasteiger partial charge in [-0.05, 0) is 24.1 Å². The molecule has 1 saturated heterocycles. The van der Waals surface area contributed by atoms with E-state index in [0.717, 1.165) is 18.6 Å². The number of piperazine rings is 1. The van der Waals surface area contributed by atoms with E-state index in [1.165, 1.54) is 6.07 Å². The van der Waals surface area contributed by atoms with Gasteiger partial charge in [0, 0.05) is 26.2 Å². The summed E-state index contributed by atoms with van der Waals surface area (Å²) < 4.78 is 26.3. The molecule has 0 radical (unpaired) electrons. The van der Waals surface area contributed by atoms with E-state index in [1.807, 2.05) is 11.8 Å². The Hall–Kier alpha value is -2.02. The van der Waals surface area contributed by atoms with E-state index in [1.54, 1.807) is 0 Å². The summed E-state index contributed by atoms with van der Waals surface area (Å²) in [4.78, 5) is 25.8. The molecule has 2 amide bonds. The summed E-state index contributed by atoms with van der Waals surface area (Å²) in [5.74, 6) is -2.23. The average molecular weight is 325 g/mol. The molecule has 1 fully saturated rings. The zero-order valence-corrected chi connectivity index (χ0v) is 13.1. The summed E-state index contributed by atoms with van der Waals surface area (Å²) in [6.07, 6.45) is 0.872. The van der Waals surface area contributed by atoms with Crippen molar-refractivity contribution in [2.24, 2.45) is 0 Å². The molecular weight excluding hydrogens is 304 g/mol. The lowest BCUT2D eigenvalue weighted by Crippen LogP contribution is -2.56. The Morgan fingerprint density at radius 1 is 1.39 bits per heavy atom. The molecule has 1 atom stereocenters. The molecule has 1 aromatic rings. The fourth-order valence-electron chi connectivity index (χ4n) is 2.56. The van der Waals surface area contributed by atoms with Gasteiger partial charge in [0.25, 0.3) is 0 Å². The minimum absolute atomic E-state index is 0.0511. The van der Waals surface area contributed by atoms with Crippen LogP contribution in [0.25, 0.3) is 0 Å². The second-order valence-electron chi connectivity index (χ2n) is 5.58. The van der Waals surface area contributed by atoms with Crippen LogP contribution in [0, 0.1) is 11.6 Å². The van der Waals surface area contributed by atoms with E-state index < -0.39 is 17.7 Å². The Kier molecular flexibility index (Phi) is 6.04. The quantitative estimate of drug-likeness (QED) is 0.826. The summed E-state index contributed by atoms with van der Waals surface area (Å²) >= 11 is 0. The third kappa shape index (κ3) is 4.72. The Morgan fingerprint density at radius 3 is 2.87 bits per heavy atom. The van der Waals surface area contributed by atoms with Crippen molar-refractivity contribution in [1.29, 1.82) is 0 Å². The van der Waals surface area contributed by atoms with Crippen molar-refractivity contribution in [2.75, 3.05) is 19.6 Å². The normalized spacial score (nSPS) is 18.6. The first-order chi connectivity index (χ1) is 11.0. The first kappa shape index (κ1) is 17.3. The number of halogens is 2. The smallest absolute Gasteiger partial charge is 0.237 e. The van der Waals surface area contributed by atoms with Crippen LogP contribution >= 0.6 is 0 Å². The standard InChI is InChI=1S/C16H21F2N3O2/c1-2-5-19-15(22)9-14-16(23)20-6-7-21(14)10-11-3-4-12(17)13(18)8-11/h3-4,8,14H,2,5-7,9-10H2,1H3,(H,19,22)(H,20,23). The SMILES string of the molecule is CCCNC(=O)CC1C(=O)NCCN1Cc1ccc(F)c(F)c1. The highest BCUT2D eigenvalue weighted by atomic mass is 19.2. The number of amides is 2. The zero-order valence-electron chi connectivity index (χ0n) is 13.1. The Morgan fingerprint density at radius 2 is 2.17 bits per heavy atom. The number of benzene rings is 1. The lowest BCUT2D eigenvalue weighted by atomic mass is 10.1. The Labute approximate surface area is 134 Å². The summed E-state index contributed by atoms with van der Waals surface area (Å²) in [6.45, 7) is 3.82. The molecule has 0 bridgehead atoms. The van der Waals surface area contributed by atoms with Crippen LogP contribution in [0.15, 0.2) is 18.2 Å². The zero-order chi connectivity index (χ0) is 16.8. The molecule has 2 rings (SSSR count). The van der Waals surface area contributed by atoms with Crippen LogP contribution in [0.5, 0.6) is 0 Å². The topological polar surface area (TPSA) is 61.4 Å². The maximum absolute atomic E-state index is 13.3. The first-order valence-electron chi connectivity index (χ1n) is 7.73. The van der Waals surface area contributed by atoms with Crippen molar-refractivity contribution in [1.82, 2.24) is 15.5 Å². The molecular formula is C16H21F2N3O2. The third-order valence-electron chi connectivity index (χ3n) is 3.76. The van der Waals surface area contributed by atoms with E-state index in [-0.39, 0.29) is 24.8 Å². The van der Waals surface area contributed by atoms with E-state index in [4.69, 9.17) is 0 Å². The average Bonchev–Trinajstić information content (AvgIpc) is 2.52. The van der Waals surface area contributed by atoms with Gasteiger partial charge in [-0.25, -0.2) is 8.78 Å². The highest BCUT2D eigenvalue weighted by molar-refractivity contribution is 5.88. The lowest BCUT2D eigenvalue weighted by Gasteiger charge is -2.34. The van der Waals surface area contributed by atoms with Gasteiger partial charge in [-0.3, -0.25) is 14.5 Å². The van der Waals surface area contributed by atoms with Crippen LogP contribution in [0.4, 0.5) is 8.78 Å². The molecule has 2 N–H and O–H groups in total. The first-order valence-corrected chi connectivity index (χ1v) is 7.73. The Balaban J connectivity index is 2.05. The highest BCUT2D eigenvalue weighted by Gasteiger charge is 2.31. The molecule has 1 aliphatic rings. The number of carbonyl (C=O) groups is 2. The number of hydrogen-bond donors (Lipinski definition) is 2. The van der Waals surface area contributed by atoms with E-state index in [2.05, 4.69) is 10.6 Å². The summed E-state index contributed by atoms with van der Waals surface area (Å²) in [7, 11) is 0. The Bertz CT molecular complexity index is 580. The largest absolute Gasteiger partial charge is 0.356 e. The van der Waals surface area contributed by atoms with Crippen LogP contribution in [-0.2, 0) is 16.1 Å². The van der Waals surface area contributed by atoms with Gasteiger partial charge in [-0.1, -0.05) is 13.0 Å². The molecule has 1 heterocycles. The van der Waals surface area contributed by atoms with Crippen LogP contribution in [0.3, 0.4) is 0 Å². The number of rotatable bonds is 6. The van der Waals surface area contributed by atoms with Crippen molar-refractivity contribution in [3.8, 4) is 0 Å². The lowest BCUT2D eigenvalue weighted by molar-refractivity contribution is -0.134. The van der Waals surface area contributed by atoms with Crippen molar-refractivity contribution >= 4 is 11.8 Å². The molecule has 0 spiro atoms. The van der Waals surface area contributed by atoms with Crippen LogP contribution in [0.1, 0.15) is 25.3 Å². The van der Waals surface area contributed by atoms with Gasteiger partial charge in [0.2, 0.25) is 11.8 Å². The van der Waals surface area contributed by atoms with Gasteiger partial charge < -0.3 is 10.6 Å². The summed E-state index contributed by atoms with van der Waals surface area (Å²) in [6, 6.07) is 3.07. The van der Waals surface area contributed by atoms with Crippen LogP contribution in [0.2, 0.25) is 0 Å². The van der Waals surface area contributed by atoms with Gasteiger partial charge in [0.15, 0.2) is 11.6 Å². The van der Waals surface area contributed by atoms with Crippen molar-refractivity contribution in [3.63, 3.8) is 0 Å². The second-order valence-corrected chi connectivity index (χ2v) is 5.58. The van der Waals surface area contributed by atoms with Gasteiger partial charge in [0.1, 0.15) is 0 Å². The van der Waals surface area contributed by atoms with Gasteiger partial charge in [0.05, 0.1) is 12.5 Å². The van der Waals surface area contributed by atoms with Crippen LogP contribution in [-0.4, -0.2) is 42.4 Å². The van der Waals surface area contributed by atoms with Gasteiger partial charge in [-0.15, -0.1) is 0 Å². The molecule has 0 aromatic heterocycles. The number of nitrogens with one attached hydrogen (secondary N) is 2. The fraction of sp³-hybridized carbons (Fsp3) is 0.500. The maximum atomic E-state index is 13.3. The molecule has 23 heavy (non-hydrogen) atoms. The van der Waals surface area contributed by atoms with E-state index in [9.17, 15) is 18.4 Å².